The van der Waals surface area contributed by atoms with E-state index in [-0.39, 0.29) is 18.5 Å². The molecule has 1 fully saturated rings. The number of morpholine rings is 1. The molecule has 2 N–H and O–H groups in total. The maximum atomic E-state index is 13.4. The number of carbonyl (C=O) groups is 2. The van der Waals surface area contributed by atoms with Gasteiger partial charge in [-0.25, -0.2) is 9.78 Å². The average Bonchev–Trinajstić information content (AvgIpc) is 3.38. The molecule has 0 unspecified atom stereocenters. The molecule has 220 valence electrons. The first-order chi connectivity index (χ1) is 19.7. The van der Waals surface area contributed by atoms with E-state index in [1.54, 1.807) is 24.9 Å². The molecule has 3 amide bonds. The van der Waals surface area contributed by atoms with Crippen LogP contribution in [0.1, 0.15) is 20.8 Å². The standard InChI is InChI=1S/C30H40N6O5/c1-30(2,3)33-29(38)35(14-13-34-15-17-41-18-16-34)21-27(37)32-28-31-24(22-9-7-6-8-10-22)20-36(28)23-11-12-25(39-4)26(19-23)40-5/h6-12,19-20H,13-18,21H2,1-5H3,(H,33,38)(H,31,32,37). The van der Waals surface area contributed by atoms with Crippen molar-refractivity contribution in [2.45, 2.75) is 26.3 Å². The monoisotopic (exact) mass is 564 g/mol. The predicted molar refractivity (Wildman–Crippen MR) is 158 cm³/mol. The van der Waals surface area contributed by atoms with Crippen molar-refractivity contribution >= 4 is 17.9 Å². The lowest BCUT2D eigenvalue weighted by molar-refractivity contribution is -0.116. The lowest BCUT2D eigenvalue weighted by Crippen LogP contribution is -2.52. The molecule has 41 heavy (non-hydrogen) atoms. The number of imidazole rings is 1. The molecule has 3 aromatic rings. The lowest BCUT2D eigenvalue weighted by Gasteiger charge is -2.31. The van der Waals surface area contributed by atoms with Crippen LogP contribution in [-0.2, 0) is 9.53 Å². The van der Waals surface area contributed by atoms with E-state index < -0.39 is 5.54 Å². The van der Waals surface area contributed by atoms with Crippen molar-refractivity contribution in [3.05, 3.63) is 54.7 Å². The highest BCUT2D eigenvalue weighted by molar-refractivity contribution is 5.93. The van der Waals surface area contributed by atoms with Gasteiger partial charge < -0.3 is 24.4 Å². The molecule has 1 aliphatic heterocycles. The minimum atomic E-state index is -0.445. The van der Waals surface area contributed by atoms with Gasteiger partial charge in [0.15, 0.2) is 11.5 Å². The molecule has 2 heterocycles. The van der Waals surface area contributed by atoms with Crippen molar-refractivity contribution in [2.24, 2.45) is 0 Å². The van der Waals surface area contributed by atoms with Gasteiger partial charge >= 0.3 is 6.03 Å². The van der Waals surface area contributed by atoms with Gasteiger partial charge in [-0.05, 0) is 32.9 Å². The summed E-state index contributed by atoms with van der Waals surface area (Å²) in [6.07, 6.45) is 1.86. The average molecular weight is 565 g/mol. The molecular formula is C30H40N6O5. The second-order valence-corrected chi connectivity index (χ2v) is 10.8. The number of ether oxygens (including phenoxy) is 3. The third-order valence-electron chi connectivity index (χ3n) is 6.57. The van der Waals surface area contributed by atoms with Crippen LogP contribution in [-0.4, -0.2) is 97.0 Å². The van der Waals surface area contributed by atoms with Gasteiger partial charge in [0.25, 0.3) is 0 Å². The highest BCUT2D eigenvalue weighted by atomic mass is 16.5. The van der Waals surface area contributed by atoms with Crippen molar-refractivity contribution in [1.82, 2.24) is 24.7 Å². The number of methoxy groups -OCH3 is 2. The molecule has 11 heteroatoms. The van der Waals surface area contributed by atoms with E-state index in [2.05, 4.69) is 15.5 Å². The van der Waals surface area contributed by atoms with E-state index in [1.165, 1.54) is 4.90 Å². The second-order valence-electron chi connectivity index (χ2n) is 10.8. The van der Waals surface area contributed by atoms with E-state index in [0.717, 1.165) is 24.3 Å². The zero-order chi connectivity index (χ0) is 29.4. The Kier molecular flexibility index (Phi) is 9.85. The molecule has 1 aliphatic rings. The van der Waals surface area contributed by atoms with E-state index >= 15 is 0 Å². The van der Waals surface area contributed by atoms with Crippen LogP contribution in [0.25, 0.3) is 16.9 Å². The summed E-state index contributed by atoms with van der Waals surface area (Å²) in [4.78, 5) is 35.1. The number of nitrogens with zero attached hydrogens (tertiary/aromatic N) is 4. The highest BCUT2D eigenvalue weighted by Crippen LogP contribution is 2.31. The van der Waals surface area contributed by atoms with Crippen molar-refractivity contribution < 1.29 is 23.8 Å². The summed E-state index contributed by atoms with van der Waals surface area (Å²) in [7, 11) is 3.15. The first-order valence-electron chi connectivity index (χ1n) is 13.7. The molecule has 4 rings (SSSR count). The summed E-state index contributed by atoms with van der Waals surface area (Å²) in [5.74, 6) is 1.10. The number of carbonyl (C=O) groups excluding carboxylic acids is 2. The molecule has 1 aromatic heterocycles. The number of anilines is 1. The van der Waals surface area contributed by atoms with Crippen LogP contribution in [0.5, 0.6) is 11.5 Å². The van der Waals surface area contributed by atoms with Gasteiger partial charge in [0.1, 0.15) is 6.54 Å². The molecule has 0 spiro atoms. The summed E-state index contributed by atoms with van der Waals surface area (Å²) >= 11 is 0. The molecule has 1 saturated heterocycles. The second kappa shape index (κ2) is 13.5. The molecule has 0 radical (unpaired) electrons. The third kappa shape index (κ3) is 8.21. The predicted octanol–water partition coefficient (Wildman–Crippen LogP) is 3.64. The number of hydrogen-bond acceptors (Lipinski definition) is 7. The van der Waals surface area contributed by atoms with Crippen molar-refractivity contribution in [2.75, 3.05) is 65.5 Å². The van der Waals surface area contributed by atoms with Crippen LogP contribution in [0.15, 0.2) is 54.7 Å². The number of amides is 3. The normalized spacial score (nSPS) is 13.9. The van der Waals surface area contributed by atoms with Gasteiger partial charge in [-0.3, -0.25) is 19.6 Å². The van der Waals surface area contributed by atoms with Crippen LogP contribution in [0.2, 0.25) is 0 Å². The maximum Gasteiger partial charge on any atom is 0.318 e. The van der Waals surface area contributed by atoms with Gasteiger partial charge in [0.05, 0.1) is 38.8 Å². The van der Waals surface area contributed by atoms with Gasteiger partial charge in [-0.2, -0.15) is 0 Å². The van der Waals surface area contributed by atoms with Gasteiger partial charge in [-0.1, -0.05) is 30.3 Å². The fourth-order valence-electron chi connectivity index (χ4n) is 4.46. The van der Waals surface area contributed by atoms with Crippen molar-refractivity contribution in [3.63, 3.8) is 0 Å². The Morgan fingerprint density at radius 3 is 2.39 bits per heavy atom. The molecule has 2 aromatic carbocycles. The van der Waals surface area contributed by atoms with Crippen molar-refractivity contribution in [1.29, 1.82) is 0 Å². The summed E-state index contributed by atoms with van der Waals surface area (Å²) in [5, 5.41) is 5.92. The molecule has 0 atom stereocenters. The summed E-state index contributed by atoms with van der Waals surface area (Å²) in [6.45, 7) is 9.57. The Balaban J connectivity index is 1.58. The van der Waals surface area contributed by atoms with Crippen LogP contribution < -0.4 is 20.1 Å². The van der Waals surface area contributed by atoms with E-state index in [1.807, 2.05) is 69.4 Å². The highest BCUT2D eigenvalue weighted by Gasteiger charge is 2.24. The van der Waals surface area contributed by atoms with E-state index in [4.69, 9.17) is 19.2 Å². The van der Waals surface area contributed by atoms with Crippen molar-refractivity contribution in [3.8, 4) is 28.4 Å². The number of rotatable bonds is 10. The summed E-state index contributed by atoms with van der Waals surface area (Å²) in [6, 6.07) is 14.9. The number of urea groups is 1. The minimum Gasteiger partial charge on any atom is -0.493 e. The smallest absolute Gasteiger partial charge is 0.318 e. The quantitative estimate of drug-likeness (QED) is 0.387. The lowest BCUT2D eigenvalue weighted by atomic mass is 10.1. The van der Waals surface area contributed by atoms with E-state index in [0.29, 0.717) is 49.4 Å². The number of benzene rings is 2. The minimum absolute atomic E-state index is 0.133. The number of hydrogen-bond donors (Lipinski definition) is 2. The Bertz CT molecular complexity index is 1310. The fourth-order valence-corrected chi connectivity index (χ4v) is 4.46. The molecule has 11 nitrogen and oxygen atoms in total. The van der Waals surface area contributed by atoms with Gasteiger partial charge in [0, 0.05) is 49.5 Å². The van der Waals surface area contributed by atoms with E-state index in [9.17, 15) is 9.59 Å². The molecule has 0 saturated carbocycles. The Morgan fingerprint density at radius 1 is 1.02 bits per heavy atom. The Morgan fingerprint density at radius 2 is 1.73 bits per heavy atom. The number of aromatic nitrogens is 2. The number of nitrogens with one attached hydrogen (secondary N) is 2. The zero-order valence-electron chi connectivity index (χ0n) is 24.5. The SMILES string of the molecule is COc1ccc(-n2cc(-c3ccccc3)nc2NC(=O)CN(CCN2CCOCC2)C(=O)NC(C)(C)C)cc1OC. The van der Waals surface area contributed by atoms with Crippen LogP contribution in [0, 0.1) is 0 Å². The first kappa shape index (κ1) is 29.9. The zero-order valence-corrected chi connectivity index (χ0v) is 24.5. The largest absolute Gasteiger partial charge is 0.493 e. The summed E-state index contributed by atoms with van der Waals surface area (Å²) in [5.41, 5.74) is 1.87. The first-order valence-corrected chi connectivity index (χ1v) is 13.7. The Labute approximate surface area is 241 Å². The Hall–Kier alpha value is -4.09. The van der Waals surface area contributed by atoms with Crippen LogP contribution >= 0.6 is 0 Å². The fraction of sp³-hybridized carbons (Fsp3) is 0.433. The van der Waals surface area contributed by atoms with Crippen LogP contribution in [0.4, 0.5) is 10.7 Å². The molecule has 0 aliphatic carbocycles. The van der Waals surface area contributed by atoms with Gasteiger partial charge in [0.2, 0.25) is 11.9 Å². The molecule has 0 bridgehead atoms. The summed E-state index contributed by atoms with van der Waals surface area (Å²) < 4.78 is 18.1. The van der Waals surface area contributed by atoms with Crippen LogP contribution in [0.3, 0.4) is 0 Å². The third-order valence-corrected chi connectivity index (χ3v) is 6.57. The maximum absolute atomic E-state index is 13.4. The van der Waals surface area contributed by atoms with Gasteiger partial charge in [-0.15, -0.1) is 0 Å². The topological polar surface area (TPSA) is 110 Å². The molecular weight excluding hydrogens is 524 g/mol.